The highest BCUT2D eigenvalue weighted by molar-refractivity contribution is 5.95. The van der Waals surface area contributed by atoms with Gasteiger partial charge in [-0.1, -0.05) is 6.92 Å². The number of amides is 1. The lowest BCUT2D eigenvalue weighted by Crippen LogP contribution is -2.42. The molecule has 0 saturated carbocycles. The number of aryl methyl sites for hydroxylation is 1. The van der Waals surface area contributed by atoms with Gasteiger partial charge in [0, 0.05) is 24.8 Å². The largest absolute Gasteiger partial charge is 0.334 e. The molecule has 16 heavy (non-hydrogen) atoms. The van der Waals surface area contributed by atoms with Gasteiger partial charge in [0.2, 0.25) is 0 Å². The van der Waals surface area contributed by atoms with Crippen molar-refractivity contribution in [3.63, 3.8) is 0 Å². The van der Waals surface area contributed by atoms with Crippen LogP contribution in [0.3, 0.4) is 0 Å². The molecule has 1 amide bonds. The molecule has 1 aromatic heterocycles. The van der Waals surface area contributed by atoms with Crippen LogP contribution in [-0.4, -0.2) is 40.1 Å². The Morgan fingerprint density at radius 2 is 2.50 bits per heavy atom. The lowest BCUT2D eigenvalue weighted by molar-refractivity contribution is 0.0727. The van der Waals surface area contributed by atoms with E-state index in [1.165, 1.54) is 0 Å². The maximum atomic E-state index is 12.3. The molecule has 5 heteroatoms. The lowest BCUT2D eigenvalue weighted by atomic mass is 10.0. The Morgan fingerprint density at radius 3 is 3.06 bits per heavy atom. The second kappa shape index (κ2) is 4.25. The van der Waals surface area contributed by atoms with Crippen LogP contribution in [0.25, 0.3) is 0 Å². The number of hydrogen-bond donors (Lipinski definition) is 2. The first-order valence-electron chi connectivity index (χ1n) is 5.66. The Bertz CT molecular complexity index is 387. The summed E-state index contributed by atoms with van der Waals surface area (Å²) in [6.45, 7) is 5.33. The van der Waals surface area contributed by atoms with Crippen LogP contribution >= 0.6 is 0 Å². The standard InChI is InChI=1S/C11H18N4O/c1-7-3-4-15(10(7)5-12)11(16)9-6-13-14-8(9)2/h6-7,10H,3-5,12H2,1-2H3,(H,13,14). The van der Waals surface area contributed by atoms with Crippen LogP contribution in [0.4, 0.5) is 0 Å². The first-order chi connectivity index (χ1) is 7.65. The average molecular weight is 222 g/mol. The second-order valence-electron chi connectivity index (χ2n) is 4.48. The van der Waals surface area contributed by atoms with Crippen LogP contribution in [0.5, 0.6) is 0 Å². The van der Waals surface area contributed by atoms with Gasteiger partial charge in [-0.25, -0.2) is 0 Å². The Morgan fingerprint density at radius 1 is 1.75 bits per heavy atom. The third-order valence-electron chi connectivity index (χ3n) is 3.45. The van der Waals surface area contributed by atoms with E-state index in [0.717, 1.165) is 18.7 Å². The summed E-state index contributed by atoms with van der Waals surface area (Å²) in [5.41, 5.74) is 7.21. The SMILES string of the molecule is Cc1[nH]ncc1C(=O)N1CCC(C)C1CN. The van der Waals surface area contributed by atoms with Crippen molar-refractivity contribution in [1.82, 2.24) is 15.1 Å². The van der Waals surface area contributed by atoms with Crippen molar-refractivity contribution in [2.45, 2.75) is 26.3 Å². The van der Waals surface area contributed by atoms with Gasteiger partial charge in [0.05, 0.1) is 11.8 Å². The third kappa shape index (κ3) is 1.71. The molecule has 1 saturated heterocycles. The van der Waals surface area contributed by atoms with Gasteiger partial charge in [0.1, 0.15) is 0 Å². The minimum Gasteiger partial charge on any atom is -0.334 e. The minimum atomic E-state index is 0.0473. The number of likely N-dealkylation sites (tertiary alicyclic amines) is 1. The topological polar surface area (TPSA) is 75.0 Å². The summed E-state index contributed by atoms with van der Waals surface area (Å²) in [5, 5.41) is 6.67. The maximum absolute atomic E-state index is 12.3. The molecule has 0 aliphatic carbocycles. The highest BCUT2D eigenvalue weighted by atomic mass is 16.2. The molecule has 1 aliphatic rings. The molecule has 2 unspecified atom stereocenters. The number of aromatic amines is 1. The summed E-state index contributed by atoms with van der Waals surface area (Å²) in [6, 6.07) is 0.168. The van der Waals surface area contributed by atoms with Crippen molar-refractivity contribution >= 4 is 5.91 Å². The highest BCUT2D eigenvalue weighted by Crippen LogP contribution is 2.25. The van der Waals surface area contributed by atoms with Crippen molar-refractivity contribution in [3.8, 4) is 0 Å². The molecule has 2 rings (SSSR count). The number of nitrogens with two attached hydrogens (primary N) is 1. The van der Waals surface area contributed by atoms with E-state index in [0.29, 0.717) is 18.0 Å². The van der Waals surface area contributed by atoms with Crippen LogP contribution in [0.15, 0.2) is 6.20 Å². The smallest absolute Gasteiger partial charge is 0.257 e. The molecule has 0 radical (unpaired) electrons. The van der Waals surface area contributed by atoms with Crippen LogP contribution in [-0.2, 0) is 0 Å². The van der Waals surface area contributed by atoms with E-state index in [9.17, 15) is 4.79 Å². The van der Waals surface area contributed by atoms with Crippen LogP contribution in [0.1, 0.15) is 29.4 Å². The molecular weight excluding hydrogens is 204 g/mol. The van der Waals surface area contributed by atoms with E-state index >= 15 is 0 Å². The van der Waals surface area contributed by atoms with Gasteiger partial charge >= 0.3 is 0 Å². The van der Waals surface area contributed by atoms with Gasteiger partial charge in [-0.05, 0) is 19.3 Å². The predicted octanol–water partition coefficient (Wildman–Crippen LogP) is 0.527. The lowest BCUT2D eigenvalue weighted by Gasteiger charge is -2.25. The first-order valence-corrected chi connectivity index (χ1v) is 5.66. The molecule has 2 heterocycles. The van der Waals surface area contributed by atoms with Crippen molar-refractivity contribution in [2.24, 2.45) is 11.7 Å². The van der Waals surface area contributed by atoms with Gasteiger partial charge < -0.3 is 10.6 Å². The molecule has 0 aromatic carbocycles. The van der Waals surface area contributed by atoms with E-state index in [-0.39, 0.29) is 11.9 Å². The normalized spacial score (nSPS) is 25.1. The number of aromatic nitrogens is 2. The van der Waals surface area contributed by atoms with E-state index in [1.807, 2.05) is 11.8 Å². The molecule has 3 N–H and O–H groups in total. The van der Waals surface area contributed by atoms with E-state index in [1.54, 1.807) is 6.20 Å². The average Bonchev–Trinajstić information content (AvgIpc) is 2.83. The molecule has 2 atom stereocenters. The number of carbonyl (C=O) groups is 1. The third-order valence-corrected chi connectivity index (χ3v) is 3.45. The van der Waals surface area contributed by atoms with E-state index < -0.39 is 0 Å². The summed E-state index contributed by atoms with van der Waals surface area (Å²) in [5.74, 6) is 0.534. The van der Waals surface area contributed by atoms with Crippen LogP contribution in [0.2, 0.25) is 0 Å². The Hall–Kier alpha value is -1.36. The quantitative estimate of drug-likeness (QED) is 0.766. The van der Waals surface area contributed by atoms with Crippen LogP contribution in [0, 0.1) is 12.8 Å². The fourth-order valence-corrected chi connectivity index (χ4v) is 2.34. The number of rotatable bonds is 2. The number of nitrogens with one attached hydrogen (secondary N) is 1. The molecule has 0 spiro atoms. The molecule has 5 nitrogen and oxygen atoms in total. The van der Waals surface area contributed by atoms with Crippen molar-refractivity contribution in [2.75, 3.05) is 13.1 Å². The van der Waals surface area contributed by atoms with Crippen molar-refractivity contribution in [1.29, 1.82) is 0 Å². The summed E-state index contributed by atoms with van der Waals surface area (Å²) in [7, 11) is 0. The molecule has 88 valence electrons. The van der Waals surface area contributed by atoms with Gasteiger partial charge in [-0.15, -0.1) is 0 Å². The summed E-state index contributed by atoms with van der Waals surface area (Å²) in [6.07, 6.45) is 2.62. The van der Waals surface area contributed by atoms with E-state index in [2.05, 4.69) is 17.1 Å². The summed E-state index contributed by atoms with van der Waals surface area (Å²) in [4.78, 5) is 14.1. The minimum absolute atomic E-state index is 0.0473. The summed E-state index contributed by atoms with van der Waals surface area (Å²) < 4.78 is 0. The van der Waals surface area contributed by atoms with Crippen molar-refractivity contribution < 1.29 is 4.79 Å². The predicted molar refractivity (Wildman–Crippen MR) is 61.0 cm³/mol. The molecule has 0 bridgehead atoms. The number of nitrogens with zero attached hydrogens (tertiary/aromatic N) is 2. The zero-order valence-corrected chi connectivity index (χ0v) is 9.73. The summed E-state index contributed by atoms with van der Waals surface area (Å²) >= 11 is 0. The fourth-order valence-electron chi connectivity index (χ4n) is 2.34. The van der Waals surface area contributed by atoms with Crippen LogP contribution < -0.4 is 5.73 Å². The molecule has 1 fully saturated rings. The van der Waals surface area contributed by atoms with Gasteiger partial charge in [-0.2, -0.15) is 5.10 Å². The Kier molecular flexibility index (Phi) is 2.96. The fraction of sp³-hybridized carbons (Fsp3) is 0.636. The first kappa shape index (κ1) is 11.1. The monoisotopic (exact) mass is 222 g/mol. The molecular formula is C11H18N4O. The highest BCUT2D eigenvalue weighted by Gasteiger charge is 2.34. The maximum Gasteiger partial charge on any atom is 0.257 e. The van der Waals surface area contributed by atoms with Gasteiger partial charge in [-0.3, -0.25) is 9.89 Å². The molecule has 1 aromatic rings. The number of H-pyrrole nitrogens is 1. The zero-order valence-electron chi connectivity index (χ0n) is 9.73. The van der Waals surface area contributed by atoms with Crippen molar-refractivity contribution in [3.05, 3.63) is 17.5 Å². The van der Waals surface area contributed by atoms with Gasteiger partial charge in [0.15, 0.2) is 0 Å². The molecule has 1 aliphatic heterocycles. The second-order valence-corrected chi connectivity index (χ2v) is 4.48. The Balaban J connectivity index is 2.20. The zero-order chi connectivity index (χ0) is 11.7. The van der Waals surface area contributed by atoms with E-state index in [4.69, 9.17) is 5.73 Å². The number of hydrogen-bond acceptors (Lipinski definition) is 3. The Labute approximate surface area is 95.0 Å². The number of carbonyl (C=O) groups excluding carboxylic acids is 1. The van der Waals surface area contributed by atoms with Gasteiger partial charge in [0.25, 0.3) is 5.91 Å².